The lowest BCUT2D eigenvalue weighted by Crippen LogP contribution is -2.26. The predicted molar refractivity (Wildman–Crippen MR) is 65.7 cm³/mol. The average molecular weight is 245 g/mol. The van der Waals surface area contributed by atoms with Gasteiger partial charge in [-0.05, 0) is 38.9 Å². The van der Waals surface area contributed by atoms with Gasteiger partial charge in [-0.25, -0.2) is 0 Å². The molecule has 0 rings (SSSR count). The second-order valence-electron chi connectivity index (χ2n) is 3.84. The van der Waals surface area contributed by atoms with Crippen molar-refractivity contribution in [2.45, 2.75) is 32.1 Å². The van der Waals surface area contributed by atoms with Crippen LogP contribution in [0.3, 0.4) is 0 Å². The van der Waals surface area contributed by atoms with Crippen molar-refractivity contribution in [2.75, 3.05) is 26.2 Å². The summed E-state index contributed by atoms with van der Waals surface area (Å²) in [6.45, 7) is 3.16. The number of hydrogen-bond acceptors (Lipinski definition) is 4. The summed E-state index contributed by atoms with van der Waals surface area (Å²) in [6, 6.07) is 0. The zero-order valence-corrected chi connectivity index (χ0v) is 10.2. The van der Waals surface area contributed by atoms with Gasteiger partial charge in [0.05, 0.1) is 6.42 Å². The molecular formula is C11H23N3O3. The van der Waals surface area contributed by atoms with Crippen molar-refractivity contribution in [3.63, 3.8) is 0 Å². The molecule has 0 heterocycles. The molecule has 5 N–H and O–H groups in total. The molecule has 0 bridgehead atoms. The molecule has 0 aromatic rings. The maximum absolute atomic E-state index is 11.1. The number of amides is 1. The van der Waals surface area contributed by atoms with Crippen molar-refractivity contribution in [3.8, 4) is 0 Å². The Balaban J connectivity index is 3.16. The number of nitrogens with two attached hydrogens (primary N) is 1. The summed E-state index contributed by atoms with van der Waals surface area (Å²) in [5.74, 6) is -1.13. The molecule has 0 saturated heterocycles. The maximum Gasteiger partial charge on any atom is 0.303 e. The van der Waals surface area contributed by atoms with Crippen LogP contribution >= 0.6 is 0 Å². The van der Waals surface area contributed by atoms with E-state index in [4.69, 9.17) is 10.8 Å². The highest BCUT2D eigenvalue weighted by atomic mass is 16.4. The van der Waals surface area contributed by atoms with Crippen molar-refractivity contribution in [2.24, 2.45) is 5.73 Å². The predicted octanol–water partition coefficient (Wildman–Crippen LogP) is -0.314. The monoisotopic (exact) mass is 245 g/mol. The Labute approximate surface area is 102 Å². The minimum absolute atomic E-state index is 0.0596. The third kappa shape index (κ3) is 12.8. The smallest absolute Gasteiger partial charge is 0.303 e. The van der Waals surface area contributed by atoms with E-state index in [0.29, 0.717) is 13.1 Å². The van der Waals surface area contributed by atoms with Crippen LogP contribution in [0.25, 0.3) is 0 Å². The molecule has 100 valence electrons. The Morgan fingerprint density at radius 3 is 2.29 bits per heavy atom. The Kier molecular flexibility index (Phi) is 10.6. The van der Waals surface area contributed by atoms with Gasteiger partial charge in [-0.15, -0.1) is 0 Å². The first kappa shape index (κ1) is 15.9. The minimum Gasteiger partial charge on any atom is -0.481 e. The van der Waals surface area contributed by atoms with E-state index < -0.39 is 5.97 Å². The number of rotatable bonds is 11. The minimum atomic E-state index is -0.941. The lowest BCUT2D eigenvalue weighted by Gasteiger charge is -2.05. The van der Waals surface area contributed by atoms with Crippen LogP contribution in [0.2, 0.25) is 0 Å². The number of carboxylic acid groups (broad SMARTS) is 1. The number of nitrogens with one attached hydrogen (secondary N) is 2. The van der Waals surface area contributed by atoms with E-state index in [1.165, 1.54) is 0 Å². The van der Waals surface area contributed by atoms with E-state index in [1.54, 1.807) is 0 Å². The number of unbranched alkanes of at least 4 members (excludes halogenated alkanes) is 1. The van der Waals surface area contributed by atoms with E-state index in [1.807, 2.05) is 0 Å². The quantitative estimate of drug-likeness (QED) is 0.374. The Hall–Kier alpha value is -1.14. The van der Waals surface area contributed by atoms with Crippen LogP contribution in [0.15, 0.2) is 0 Å². The third-order valence-corrected chi connectivity index (χ3v) is 2.23. The van der Waals surface area contributed by atoms with Crippen LogP contribution < -0.4 is 16.4 Å². The Morgan fingerprint density at radius 1 is 1.00 bits per heavy atom. The number of carbonyl (C=O) groups is 2. The number of carboxylic acids is 1. The highest BCUT2D eigenvalue weighted by molar-refractivity contribution is 5.80. The molecule has 0 aliphatic heterocycles. The van der Waals surface area contributed by atoms with E-state index >= 15 is 0 Å². The van der Waals surface area contributed by atoms with Gasteiger partial charge in [-0.3, -0.25) is 9.59 Å². The summed E-state index contributed by atoms with van der Waals surface area (Å²) in [4.78, 5) is 21.3. The second kappa shape index (κ2) is 11.3. The molecule has 0 radical (unpaired) electrons. The fourth-order valence-electron chi connectivity index (χ4n) is 1.26. The molecule has 0 aromatic carbocycles. The molecule has 0 spiro atoms. The molecule has 0 aromatic heterocycles. The zero-order valence-electron chi connectivity index (χ0n) is 10.2. The highest BCUT2D eigenvalue weighted by Gasteiger charge is 2.03. The Morgan fingerprint density at radius 2 is 1.65 bits per heavy atom. The van der Waals surface area contributed by atoms with Crippen LogP contribution in [0, 0.1) is 0 Å². The fraction of sp³-hybridized carbons (Fsp3) is 0.818. The molecule has 0 aliphatic carbocycles. The molecule has 1 amide bonds. The summed E-state index contributed by atoms with van der Waals surface area (Å²) >= 11 is 0. The summed E-state index contributed by atoms with van der Waals surface area (Å²) < 4.78 is 0. The van der Waals surface area contributed by atoms with Gasteiger partial charge in [-0.1, -0.05) is 0 Å². The average Bonchev–Trinajstić information content (AvgIpc) is 2.30. The second-order valence-corrected chi connectivity index (χ2v) is 3.84. The van der Waals surface area contributed by atoms with E-state index in [-0.39, 0.29) is 18.7 Å². The molecule has 6 heteroatoms. The first-order chi connectivity index (χ1) is 8.16. The topological polar surface area (TPSA) is 104 Å². The van der Waals surface area contributed by atoms with Crippen LogP contribution in [0.5, 0.6) is 0 Å². The summed E-state index contributed by atoms with van der Waals surface area (Å²) in [7, 11) is 0. The molecule has 0 unspecified atom stereocenters. The third-order valence-electron chi connectivity index (χ3n) is 2.23. The normalized spacial score (nSPS) is 10.2. The maximum atomic E-state index is 11.1. The van der Waals surface area contributed by atoms with Crippen molar-refractivity contribution in [1.82, 2.24) is 10.6 Å². The van der Waals surface area contributed by atoms with Crippen LogP contribution in [-0.4, -0.2) is 43.2 Å². The van der Waals surface area contributed by atoms with Crippen molar-refractivity contribution >= 4 is 11.9 Å². The highest BCUT2D eigenvalue weighted by Crippen LogP contribution is 1.90. The SMILES string of the molecule is NCCCNCCCCNC(=O)CCC(=O)O. The molecule has 0 aliphatic rings. The largest absolute Gasteiger partial charge is 0.481 e. The van der Waals surface area contributed by atoms with Crippen molar-refractivity contribution in [3.05, 3.63) is 0 Å². The van der Waals surface area contributed by atoms with E-state index in [0.717, 1.165) is 32.4 Å². The molecule has 17 heavy (non-hydrogen) atoms. The Bertz CT molecular complexity index is 222. The van der Waals surface area contributed by atoms with Gasteiger partial charge in [0.25, 0.3) is 0 Å². The van der Waals surface area contributed by atoms with E-state index in [2.05, 4.69) is 10.6 Å². The fourth-order valence-corrected chi connectivity index (χ4v) is 1.26. The summed E-state index contributed by atoms with van der Waals surface area (Å²) in [5.41, 5.74) is 5.34. The summed E-state index contributed by atoms with van der Waals surface area (Å²) in [6.07, 6.45) is 2.82. The standard InChI is InChI=1S/C11H23N3O3/c12-6-3-8-13-7-1-2-9-14-10(15)4-5-11(16)17/h13H,1-9,12H2,(H,14,15)(H,16,17). The lowest BCUT2D eigenvalue weighted by atomic mass is 10.2. The van der Waals surface area contributed by atoms with Crippen LogP contribution in [0.1, 0.15) is 32.1 Å². The lowest BCUT2D eigenvalue weighted by molar-refractivity contribution is -0.138. The van der Waals surface area contributed by atoms with Gasteiger partial charge in [0.2, 0.25) is 5.91 Å². The van der Waals surface area contributed by atoms with Gasteiger partial charge in [-0.2, -0.15) is 0 Å². The van der Waals surface area contributed by atoms with Gasteiger partial charge in [0, 0.05) is 13.0 Å². The van der Waals surface area contributed by atoms with Gasteiger partial charge in [0.15, 0.2) is 0 Å². The van der Waals surface area contributed by atoms with Gasteiger partial charge in [0.1, 0.15) is 0 Å². The van der Waals surface area contributed by atoms with Gasteiger partial charge >= 0.3 is 5.97 Å². The van der Waals surface area contributed by atoms with Crippen molar-refractivity contribution < 1.29 is 14.7 Å². The van der Waals surface area contributed by atoms with E-state index in [9.17, 15) is 9.59 Å². The number of carbonyl (C=O) groups excluding carboxylic acids is 1. The van der Waals surface area contributed by atoms with Crippen molar-refractivity contribution in [1.29, 1.82) is 0 Å². The molecular weight excluding hydrogens is 222 g/mol. The molecule has 0 fully saturated rings. The molecule has 0 saturated carbocycles. The molecule has 6 nitrogen and oxygen atoms in total. The van der Waals surface area contributed by atoms with Gasteiger partial charge < -0.3 is 21.5 Å². The number of aliphatic carboxylic acids is 1. The first-order valence-electron chi connectivity index (χ1n) is 6.06. The summed E-state index contributed by atoms with van der Waals surface area (Å²) in [5, 5.41) is 14.3. The van der Waals surface area contributed by atoms with Crippen LogP contribution in [-0.2, 0) is 9.59 Å². The number of hydrogen-bond donors (Lipinski definition) is 4. The molecule has 0 atom stereocenters. The zero-order chi connectivity index (χ0) is 12.9. The first-order valence-corrected chi connectivity index (χ1v) is 6.06. The van der Waals surface area contributed by atoms with Crippen LogP contribution in [0.4, 0.5) is 0 Å².